The molecule has 0 saturated carbocycles. The van der Waals surface area contributed by atoms with Crippen molar-refractivity contribution in [2.45, 2.75) is 32.2 Å². The predicted molar refractivity (Wildman–Crippen MR) is 92.6 cm³/mol. The molecular weight excluding hydrogens is 342 g/mol. The first-order chi connectivity index (χ1) is 12.4. The van der Waals surface area contributed by atoms with Gasteiger partial charge in [-0.15, -0.1) is 0 Å². The van der Waals surface area contributed by atoms with Crippen LogP contribution in [0.15, 0.2) is 29.5 Å². The third kappa shape index (κ3) is 3.93. The number of nitrogens with zero attached hydrogens (tertiary/aromatic N) is 1. The number of carbonyl (C=O) groups excluding carboxylic acids is 2. The molecule has 0 bridgehead atoms. The fourth-order valence-corrected chi connectivity index (χ4v) is 2.80. The molecule has 26 heavy (non-hydrogen) atoms. The van der Waals surface area contributed by atoms with E-state index in [9.17, 15) is 19.7 Å². The van der Waals surface area contributed by atoms with E-state index in [0.717, 1.165) is 12.8 Å². The molecule has 0 spiro atoms. The smallest absolute Gasteiger partial charge is 0.337 e. The van der Waals surface area contributed by atoms with Gasteiger partial charge in [-0.1, -0.05) is 19.4 Å². The number of carbonyl (C=O) groups is 2. The molecule has 0 aliphatic carbocycles. The van der Waals surface area contributed by atoms with Crippen molar-refractivity contribution >= 4 is 17.7 Å². The lowest BCUT2D eigenvalue weighted by Gasteiger charge is -2.29. The van der Waals surface area contributed by atoms with Crippen molar-refractivity contribution in [1.82, 2.24) is 10.6 Å². The fraction of sp³-hybridized carbons (Fsp3) is 0.412. The molecule has 1 unspecified atom stereocenters. The Bertz CT molecular complexity index is 759. The van der Waals surface area contributed by atoms with Gasteiger partial charge >= 0.3 is 17.7 Å². The summed E-state index contributed by atoms with van der Waals surface area (Å²) in [4.78, 5) is 35.1. The lowest BCUT2D eigenvalue weighted by atomic mass is 9.93. The average molecular weight is 363 g/mol. The Kier molecular flexibility index (Phi) is 6.16. The molecular formula is C17H21N3O6. The number of rotatable bonds is 7. The predicted octanol–water partition coefficient (Wildman–Crippen LogP) is 2.57. The van der Waals surface area contributed by atoms with Gasteiger partial charge in [-0.2, -0.15) is 0 Å². The van der Waals surface area contributed by atoms with Crippen LogP contribution in [0.2, 0.25) is 0 Å². The number of amides is 2. The molecule has 2 N–H and O–H groups in total. The molecule has 1 aromatic carbocycles. The molecule has 0 fully saturated rings. The maximum atomic E-state index is 12.3. The maximum absolute atomic E-state index is 12.3. The van der Waals surface area contributed by atoms with E-state index in [-0.39, 0.29) is 17.0 Å². The van der Waals surface area contributed by atoms with Crippen molar-refractivity contribution in [3.05, 3.63) is 45.1 Å². The molecule has 2 amide bonds. The molecule has 1 aliphatic heterocycles. The van der Waals surface area contributed by atoms with Crippen LogP contribution < -0.4 is 15.4 Å². The number of benzene rings is 1. The van der Waals surface area contributed by atoms with E-state index in [1.807, 2.05) is 6.92 Å². The van der Waals surface area contributed by atoms with Gasteiger partial charge in [0.05, 0.1) is 30.8 Å². The van der Waals surface area contributed by atoms with Crippen molar-refractivity contribution in [3.63, 3.8) is 0 Å². The van der Waals surface area contributed by atoms with Gasteiger partial charge in [0.1, 0.15) is 0 Å². The van der Waals surface area contributed by atoms with Crippen LogP contribution in [0.1, 0.15) is 37.8 Å². The monoisotopic (exact) mass is 363 g/mol. The third-order valence-electron chi connectivity index (χ3n) is 4.07. The molecule has 9 heteroatoms. The highest BCUT2D eigenvalue weighted by Crippen LogP contribution is 2.35. The van der Waals surface area contributed by atoms with E-state index in [0.29, 0.717) is 17.7 Å². The van der Waals surface area contributed by atoms with Gasteiger partial charge in [-0.3, -0.25) is 10.1 Å². The largest absolute Gasteiger partial charge is 0.490 e. The minimum Gasteiger partial charge on any atom is -0.490 e. The molecule has 1 heterocycles. The zero-order chi connectivity index (χ0) is 19.3. The van der Waals surface area contributed by atoms with E-state index in [2.05, 4.69) is 10.6 Å². The summed E-state index contributed by atoms with van der Waals surface area (Å²) in [6.07, 6.45) is 2.13. The van der Waals surface area contributed by atoms with Crippen LogP contribution in [0.25, 0.3) is 0 Å². The van der Waals surface area contributed by atoms with Crippen molar-refractivity contribution in [2.75, 3.05) is 14.2 Å². The summed E-state index contributed by atoms with van der Waals surface area (Å²) in [6, 6.07) is 2.96. The minimum absolute atomic E-state index is 0.0915. The molecule has 2 rings (SSSR count). The second-order valence-corrected chi connectivity index (χ2v) is 5.71. The van der Waals surface area contributed by atoms with Crippen LogP contribution in [-0.2, 0) is 9.53 Å². The number of hydrogen-bond acceptors (Lipinski definition) is 6. The Morgan fingerprint density at radius 1 is 1.35 bits per heavy atom. The van der Waals surface area contributed by atoms with Crippen molar-refractivity contribution in [3.8, 4) is 5.75 Å². The highest BCUT2D eigenvalue weighted by Gasteiger charge is 2.34. The van der Waals surface area contributed by atoms with Gasteiger partial charge in [0, 0.05) is 11.8 Å². The van der Waals surface area contributed by atoms with Crippen LogP contribution in [-0.4, -0.2) is 31.1 Å². The number of ether oxygens (including phenoxy) is 2. The molecule has 1 aromatic rings. The van der Waals surface area contributed by atoms with E-state index >= 15 is 0 Å². The summed E-state index contributed by atoms with van der Waals surface area (Å²) in [5.41, 5.74) is 0.838. The molecule has 0 aromatic heterocycles. The number of unbranched alkanes of at least 4 members (excludes halogenated alkanes) is 1. The molecule has 1 atom stereocenters. The summed E-state index contributed by atoms with van der Waals surface area (Å²) >= 11 is 0. The summed E-state index contributed by atoms with van der Waals surface area (Å²) in [7, 11) is 2.58. The second-order valence-electron chi connectivity index (χ2n) is 5.71. The second kappa shape index (κ2) is 8.32. The first kappa shape index (κ1) is 19.2. The van der Waals surface area contributed by atoms with Gasteiger partial charge in [0.15, 0.2) is 5.75 Å². The number of hydrogen-bond donors (Lipinski definition) is 2. The topological polar surface area (TPSA) is 120 Å². The standard InChI is InChI=1S/C17H21N3O6/c1-4-5-6-11-14(16(21)26-3)15(19-17(22)18-11)10-7-8-13(25-2)12(9-10)20(23)24/h7-9,15H,4-6H2,1-3H3,(H2,18,19,22). The minimum atomic E-state index is -0.854. The first-order valence-electron chi connectivity index (χ1n) is 8.14. The van der Waals surface area contributed by atoms with E-state index in [1.54, 1.807) is 6.07 Å². The number of allylic oxidation sites excluding steroid dienone is 1. The average Bonchev–Trinajstić information content (AvgIpc) is 2.64. The van der Waals surface area contributed by atoms with Crippen LogP contribution in [0, 0.1) is 10.1 Å². The lowest BCUT2D eigenvalue weighted by molar-refractivity contribution is -0.385. The Hall–Kier alpha value is -3.10. The molecule has 9 nitrogen and oxygen atoms in total. The van der Waals surface area contributed by atoms with E-state index in [4.69, 9.17) is 9.47 Å². The van der Waals surface area contributed by atoms with Gasteiger partial charge in [-0.05, 0) is 24.5 Å². The van der Waals surface area contributed by atoms with Crippen LogP contribution in [0.4, 0.5) is 10.5 Å². The number of nitro groups is 1. The molecule has 1 aliphatic rings. The molecule has 0 saturated heterocycles. The van der Waals surface area contributed by atoms with Gasteiger partial charge in [-0.25, -0.2) is 9.59 Å². The van der Waals surface area contributed by atoms with E-state index < -0.39 is 23.0 Å². The van der Waals surface area contributed by atoms with E-state index in [1.165, 1.54) is 26.4 Å². The fourth-order valence-electron chi connectivity index (χ4n) is 2.80. The van der Waals surface area contributed by atoms with Crippen LogP contribution >= 0.6 is 0 Å². The van der Waals surface area contributed by atoms with Crippen LogP contribution in [0.5, 0.6) is 5.75 Å². The Morgan fingerprint density at radius 3 is 2.65 bits per heavy atom. The van der Waals surface area contributed by atoms with Crippen molar-refractivity contribution < 1.29 is 24.0 Å². The molecule has 0 radical (unpaired) electrons. The summed E-state index contributed by atoms with van der Waals surface area (Å²) in [5.74, 6) is -0.513. The maximum Gasteiger partial charge on any atom is 0.337 e. The zero-order valence-electron chi connectivity index (χ0n) is 14.8. The number of methoxy groups -OCH3 is 2. The highest BCUT2D eigenvalue weighted by atomic mass is 16.6. The van der Waals surface area contributed by atoms with Gasteiger partial charge in [0.25, 0.3) is 0 Å². The summed E-state index contributed by atoms with van der Waals surface area (Å²) < 4.78 is 9.86. The van der Waals surface area contributed by atoms with Crippen molar-refractivity contribution in [1.29, 1.82) is 0 Å². The summed E-state index contributed by atoms with van der Waals surface area (Å²) in [5, 5.41) is 16.6. The number of nitrogens with one attached hydrogen (secondary N) is 2. The summed E-state index contributed by atoms with van der Waals surface area (Å²) in [6.45, 7) is 1.99. The van der Waals surface area contributed by atoms with Crippen molar-refractivity contribution in [2.24, 2.45) is 0 Å². The number of nitro benzene ring substituents is 1. The molecule has 140 valence electrons. The zero-order valence-corrected chi connectivity index (χ0v) is 14.8. The highest BCUT2D eigenvalue weighted by molar-refractivity contribution is 5.95. The first-order valence-corrected chi connectivity index (χ1v) is 8.14. The Balaban J connectivity index is 2.57. The van der Waals surface area contributed by atoms with Crippen LogP contribution in [0.3, 0.4) is 0 Å². The Morgan fingerprint density at radius 2 is 2.08 bits per heavy atom. The van der Waals surface area contributed by atoms with Gasteiger partial charge < -0.3 is 20.1 Å². The number of urea groups is 1. The number of esters is 1. The lowest BCUT2D eigenvalue weighted by Crippen LogP contribution is -2.45. The SMILES string of the molecule is CCCCC1=C(C(=O)OC)C(c2ccc(OC)c([N+](=O)[O-])c2)NC(=O)N1. The normalized spacial score (nSPS) is 16.6. The van der Waals surface area contributed by atoms with Gasteiger partial charge in [0.2, 0.25) is 0 Å². The third-order valence-corrected chi connectivity index (χ3v) is 4.07. The Labute approximate surface area is 150 Å². The quantitative estimate of drug-likeness (QED) is 0.436.